The SMILES string of the molecule is CCCCC/C(=C\C(=O)OC)c1cc(C)[nH]c1C. The molecule has 0 radical (unpaired) electrons. The van der Waals surface area contributed by atoms with Crippen LogP contribution in [0.2, 0.25) is 0 Å². The zero-order valence-corrected chi connectivity index (χ0v) is 11.8. The first kappa shape index (κ1) is 14.6. The lowest BCUT2D eigenvalue weighted by Gasteiger charge is -2.06. The summed E-state index contributed by atoms with van der Waals surface area (Å²) >= 11 is 0. The van der Waals surface area contributed by atoms with Crippen LogP contribution in [0.15, 0.2) is 12.1 Å². The third kappa shape index (κ3) is 4.06. The summed E-state index contributed by atoms with van der Waals surface area (Å²) in [6.45, 7) is 6.24. The zero-order chi connectivity index (χ0) is 13.5. The first-order valence-electron chi connectivity index (χ1n) is 6.53. The third-order valence-electron chi connectivity index (χ3n) is 3.04. The van der Waals surface area contributed by atoms with Gasteiger partial charge in [0, 0.05) is 17.5 Å². The number of esters is 1. The van der Waals surface area contributed by atoms with Crippen LogP contribution >= 0.6 is 0 Å². The summed E-state index contributed by atoms with van der Waals surface area (Å²) in [6.07, 6.45) is 5.99. The highest BCUT2D eigenvalue weighted by Crippen LogP contribution is 2.25. The quantitative estimate of drug-likeness (QED) is 0.474. The maximum absolute atomic E-state index is 11.4. The maximum Gasteiger partial charge on any atom is 0.330 e. The number of rotatable bonds is 6. The van der Waals surface area contributed by atoms with Gasteiger partial charge in [-0.15, -0.1) is 0 Å². The van der Waals surface area contributed by atoms with E-state index >= 15 is 0 Å². The molecule has 1 heterocycles. The Bertz CT molecular complexity index is 430. The van der Waals surface area contributed by atoms with Gasteiger partial charge in [0.2, 0.25) is 0 Å². The highest BCUT2D eigenvalue weighted by molar-refractivity contribution is 5.91. The number of aromatic amines is 1. The van der Waals surface area contributed by atoms with E-state index in [1.54, 1.807) is 6.08 Å². The fourth-order valence-corrected chi connectivity index (χ4v) is 2.11. The van der Waals surface area contributed by atoms with Crippen molar-refractivity contribution in [3.05, 3.63) is 29.1 Å². The largest absolute Gasteiger partial charge is 0.466 e. The molecule has 0 fully saturated rings. The Morgan fingerprint density at radius 2 is 2.11 bits per heavy atom. The fraction of sp³-hybridized carbons (Fsp3) is 0.533. The minimum atomic E-state index is -0.278. The number of nitrogens with one attached hydrogen (secondary N) is 1. The van der Waals surface area contributed by atoms with E-state index in [2.05, 4.69) is 18.0 Å². The second-order valence-electron chi connectivity index (χ2n) is 4.64. The molecule has 1 rings (SSSR count). The molecule has 0 aliphatic heterocycles. The average Bonchev–Trinajstić information content (AvgIpc) is 2.67. The fourth-order valence-electron chi connectivity index (χ4n) is 2.11. The molecule has 0 saturated heterocycles. The summed E-state index contributed by atoms with van der Waals surface area (Å²) in [7, 11) is 1.41. The molecule has 0 aliphatic carbocycles. The van der Waals surface area contributed by atoms with Gasteiger partial charge < -0.3 is 9.72 Å². The number of carbonyl (C=O) groups is 1. The van der Waals surface area contributed by atoms with Gasteiger partial charge in [-0.1, -0.05) is 19.8 Å². The summed E-state index contributed by atoms with van der Waals surface area (Å²) in [6, 6.07) is 2.09. The molecule has 1 aromatic rings. The van der Waals surface area contributed by atoms with E-state index in [0.29, 0.717) is 0 Å². The van der Waals surface area contributed by atoms with Crippen molar-refractivity contribution in [3.8, 4) is 0 Å². The monoisotopic (exact) mass is 249 g/mol. The highest BCUT2D eigenvalue weighted by atomic mass is 16.5. The standard InChI is InChI=1S/C15H23NO2/c1-5-6-7-8-13(10-15(17)18-4)14-9-11(2)16-12(14)3/h9-10,16H,5-8H2,1-4H3/b13-10+. The van der Waals surface area contributed by atoms with E-state index in [-0.39, 0.29) is 5.97 Å². The van der Waals surface area contributed by atoms with E-state index in [1.165, 1.54) is 20.0 Å². The van der Waals surface area contributed by atoms with Crippen LogP contribution in [0.1, 0.15) is 49.6 Å². The lowest BCUT2D eigenvalue weighted by atomic mass is 9.99. The molecular formula is C15H23NO2. The van der Waals surface area contributed by atoms with Crippen molar-refractivity contribution in [1.29, 1.82) is 0 Å². The minimum Gasteiger partial charge on any atom is -0.466 e. The topological polar surface area (TPSA) is 42.1 Å². The van der Waals surface area contributed by atoms with Crippen molar-refractivity contribution in [3.63, 3.8) is 0 Å². The summed E-state index contributed by atoms with van der Waals surface area (Å²) < 4.78 is 4.73. The van der Waals surface area contributed by atoms with Gasteiger partial charge >= 0.3 is 5.97 Å². The van der Waals surface area contributed by atoms with Crippen molar-refractivity contribution < 1.29 is 9.53 Å². The Balaban J connectivity index is 2.93. The predicted molar refractivity (Wildman–Crippen MR) is 74.4 cm³/mol. The number of unbranched alkanes of at least 4 members (excludes halogenated alkanes) is 2. The van der Waals surface area contributed by atoms with Gasteiger partial charge in [-0.25, -0.2) is 4.79 Å². The van der Waals surface area contributed by atoms with E-state index < -0.39 is 0 Å². The molecule has 1 N–H and O–H groups in total. The highest BCUT2D eigenvalue weighted by Gasteiger charge is 2.10. The number of methoxy groups -OCH3 is 1. The number of hydrogen-bond donors (Lipinski definition) is 1. The molecule has 3 heteroatoms. The van der Waals surface area contributed by atoms with Crippen LogP contribution in [-0.2, 0) is 9.53 Å². The molecule has 100 valence electrons. The second kappa shape index (κ2) is 7.04. The van der Waals surface area contributed by atoms with Crippen molar-refractivity contribution in [2.24, 2.45) is 0 Å². The van der Waals surface area contributed by atoms with Crippen molar-refractivity contribution in [1.82, 2.24) is 4.98 Å². The third-order valence-corrected chi connectivity index (χ3v) is 3.04. The van der Waals surface area contributed by atoms with Crippen LogP contribution in [0.5, 0.6) is 0 Å². The molecule has 0 spiro atoms. The molecule has 1 aromatic heterocycles. The first-order chi connectivity index (χ1) is 8.58. The van der Waals surface area contributed by atoms with Crippen molar-refractivity contribution in [2.75, 3.05) is 7.11 Å². The molecule has 0 unspecified atom stereocenters. The van der Waals surface area contributed by atoms with Crippen LogP contribution in [0, 0.1) is 13.8 Å². The molecular weight excluding hydrogens is 226 g/mol. The van der Waals surface area contributed by atoms with Gasteiger partial charge in [-0.05, 0) is 43.9 Å². The lowest BCUT2D eigenvalue weighted by molar-refractivity contribution is -0.134. The van der Waals surface area contributed by atoms with Gasteiger partial charge in [-0.3, -0.25) is 0 Å². The molecule has 0 saturated carbocycles. The number of H-pyrrole nitrogens is 1. The average molecular weight is 249 g/mol. The first-order valence-corrected chi connectivity index (χ1v) is 6.53. The van der Waals surface area contributed by atoms with Crippen LogP contribution in [0.4, 0.5) is 0 Å². The second-order valence-corrected chi connectivity index (χ2v) is 4.64. The van der Waals surface area contributed by atoms with Gasteiger partial charge in [0.15, 0.2) is 0 Å². The van der Waals surface area contributed by atoms with Gasteiger partial charge in [0.1, 0.15) is 0 Å². The Kier molecular flexibility index (Phi) is 5.69. The Morgan fingerprint density at radius 1 is 1.39 bits per heavy atom. The normalized spacial score (nSPS) is 11.7. The van der Waals surface area contributed by atoms with Crippen LogP contribution in [0.25, 0.3) is 5.57 Å². The van der Waals surface area contributed by atoms with Gasteiger partial charge in [0.25, 0.3) is 0 Å². The van der Waals surface area contributed by atoms with Crippen LogP contribution in [-0.4, -0.2) is 18.1 Å². The molecule has 3 nitrogen and oxygen atoms in total. The molecule has 0 atom stereocenters. The maximum atomic E-state index is 11.4. The van der Waals surface area contributed by atoms with E-state index in [0.717, 1.165) is 35.4 Å². The molecule has 18 heavy (non-hydrogen) atoms. The number of aryl methyl sites for hydroxylation is 2. The van der Waals surface area contributed by atoms with Crippen LogP contribution in [0.3, 0.4) is 0 Å². The van der Waals surface area contributed by atoms with Gasteiger partial charge in [-0.2, -0.15) is 0 Å². The number of aromatic nitrogens is 1. The molecule has 0 bridgehead atoms. The van der Waals surface area contributed by atoms with E-state index in [9.17, 15) is 4.79 Å². The van der Waals surface area contributed by atoms with Crippen molar-refractivity contribution >= 4 is 11.5 Å². The summed E-state index contributed by atoms with van der Waals surface area (Å²) in [5.74, 6) is -0.278. The number of allylic oxidation sites excluding steroid dienone is 1. The van der Waals surface area contributed by atoms with Crippen molar-refractivity contribution in [2.45, 2.75) is 46.5 Å². The molecule has 0 aliphatic rings. The summed E-state index contributed by atoms with van der Waals surface area (Å²) in [4.78, 5) is 14.7. The minimum absolute atomic E-state index is 0.278. The van der Waals surface area contributed by atoms with E-state index in [4.69, 9.17) is 4.74 Å². The summed E-state index contributed by atoms with van der Waals surface area (Å²) in [5, 5.41) is 0. The van der Waals surface area contributed by atoms with E-state index in [1.807, 2.05) is 13.8 Å². The number of carbonyl (C=O) groups excluding carboxylic acids is 1. The smallest absolute Gasteiger partial charge is 0.330 e. The lowest BCUT2D eigenvalue weighted by Crippen LogP contribution is -1.98. The molecule has 0 amide bonds. The van der Waals surface area contributed by atoms with Crippen LogP contribution < -0.4 is 0 Å². The number of ether oxygens (including phenoxy) is 1. The number of hydrogen-bond acceptors (Lipinski definition) is 2. The van der Waals surface area contributed by atoms with Gasteiger partial charge in [0.05, 0.1) is 7.11 Å². The Labute approximate surface area is 109 Å². The Morgan fingerprint density at radius 3 is 2.61 bits per heavy atom. The molecule has 0 aromatic carbocycles. The predicted octanol–water partition coefficient (Wildman–Crippen LogP) is 3.77. The zero-order valence-electron chi connectivity index (χ0n) is 11.8. The Hall–Kier alpha value is -1.51. The summed E-state index contributed by atoms with van der Waals surface area (Å²) in [5.41, 5.74) is 4.43.